The van der Waals surface area contributed by atoms with Gasteiger partial charge in [-0.15, -0.1) is 5.10 Å². The van der Waals surface area contributed by atoms with Crippen LogP contribution in [-0.2, 0) is 4.79 Å². The van der Waals surface area contributed by atoms with Crippen LogP contribution in [0.5, 0.6) is 5.75 Å². The number of aromatic nitrogens is 3. The molecule has 0 saturated carbocycles. The summed E-state index contributed by atoms with van der Waals surface area (Å²) in [5.41, 5.74) is 0.738. The highest BCUT2D eigenvalue weighted by Gasteiger charge is 2.27. The molecule has 0 bridgehead atoms. The molecule has 2 aromatic rings. The van der Waals surface area contributed by atoms with Gasteiger partial charge in [-0.05, 0) is 32.0 Å². The molecule has 0 unspecified atom stereocenters. The van der Waals surface area contributed by atoms with Gasteiger partial charge < -0.3 is 14.5 Å². The molecule has 27 heavy (non-hydrogen) atoms. The van der Waals surface area contributed by atoms with Gasteiger partial charge in [-0.3, -0.25) is 9.89 Å². The van der Waals surface area contributed by atoms with E-state index in [2.05, 4.69) is 22.1 Å². The number of carbonyl (C=O) groups excluding carboxylic acids is 1. The summed E-state index contributed by atoms with van der Waals surface area (Å²) in [6.45, 7) is 8.85. The number of hydrogen-bond donors (Lipinski definition) is 2. The number of carbonyl (C=O) groups is 1. The van der Waals surface area contributed by atoms with Crippen molar-refractivity contribution in [2.75, 3.05) is 39.8 Å². The lowest BCUT2D eigenvalue weighted by molar-refractivity contribution is -0.902. The van der Waals surface area contributed by atoms with Gasteiger partial charge in [0.15, 0.2) is 5.82 Å². The highest BCUT2D eigenvalue weighted by molar-refractivity contribution is 8.00. The minimum Gasteiger partial charge on any atom is -0.496 e. The molecule has 1 aromatic carbocycles. The van der Waals surface area contributed by atoms with Crippen LogP contribution < -0.4 is 9.64 Å². The molecule has 9 heteroatoms. The number of piperazine rings is 1. The molecule has 2 N–H and O–H groups in total. The zero-order chi connectivity index (χ0) is 19.4. The van der Waals surface area contributed by atoms with Gasteiger partial charge in [0.2, 0.25) is 11.1 Å². The quantitative estimate of drug-likeness (QED) is 0.703. The molecule has 0 spiro atoms. The van der Waals surface area contributed by atoms with E-state index in [9.17, 15) is 4.79 Å². The number of H-pyrrole nitrogens is 1. The number of thioether (sulfide) groups is 1. The number of ether oxygens (including phenoxy) is 1. The van der Waals surface area contributed by atoms with E-state index in [1.807, 2.05) is 11.8 Å². The summed E-state index contributed by atoms with van der Waals surface area (Å²) in [5, 5.41) is 8.04. The number of nitrogens with one attached hydrogen (secondary N) is 2. The largest absolute Gasteiger partial charge is 0.496 e. The van der Waals surface area contributed by atoms with Gasteiger partial charge in [0.05, 0.1) is 50.6 Å². The average Bonchev–Trinajstić information content (AvgIpc) is 3.15. The van der Waals surface area contributed by atoms with Gasteiger partial charge in [-0.1, -0.05) is 23.4 Å². The van der Waals surface area contributed by atoms with Crippen molar-refractivity contribution in [1.29, 1.82) is 0 Å². The monoisotopic (exact) mass is 410 g/mol. The fraction of sp³-hybridized carbons (Fsp3) is 0.500. The van der Waals surface area contributed by atoms with Crippen LogP contribution in [0.15, 0.2) is 23.4 Å². The molecule has 146 valence electrons. The topological polar surface area (TPSA) is 75.5 Å². The van der Waals surface area contributed by atoms with Crippen molar-refractivity contribution in [3.63, 3.8) is 0 Å². The van der Waals surface area contributed by atoms with Gasteiger partial charge >= 0.3 is 0 Å². The molecule has 0 aliphatic carbocycles. The maximum Gasteiger partial charge on any atom is 0.236 e. The first kappa shape index (κ1) is 20.0. The van der Waals surface area contributed by atoms with Crippen LogP contribution in [0, 0.1) is 0 Å². The third kappa shape index (κ3) is 4.75. The second kappa shape index (κ2) is 8.95. The Labute approximate surface area is 168 Å². The van der Waals surface area contributed by atoms with Gasteiger partial charge in [0, 0.05) is 5.02 Å². The number of rotatable bonds is 6. The van der Waals surface area contributed by atoms with Crippen molar-refractivity contribution < 1.29 is 14.4 Å². The zero-order valence-electron chi connectivity index (χ0n) is 15.8. The molecule has 7 nitrogen and oxygen atoms in total. The Morgan fingerprint density at radius 2 is 2.19 bits per heavy atom. The van der Waals surface area contributed by atoms with Gasteiger partial charge in [-0.2, -0.15) is 0 Å². The molecule has 1 amide bonds. The molecule has 0 radical (unpaired) electrons. The predicted molar refractivity (Wildman–Crippen MR) is 107 cm³/mol. The number of hydrogen-bond acceptors (Lipinski definition) is 5. The van der Waals surface area contributed by atoms with E-state index < -0.39 is 0 Å². The maximum atomic E-state index is 12.7. The molecular formula is C18H25ClN5O2S+. The zero-order valence-corrected chi connectivity index (χ0v) is 17.4. The number of likely N-dealkylation sites (N-methyl/N-ethyl adjacent to an activating group) is 1. The van der Waals surface area contributed by atoms with E-state index in [0.29, 0.717) is 21.8 Å². The molecule has 1 fully saturated rings. The second-order valence-corrected chi connectivity index (χ2v) is 8.24. The number of amides is 1. The minimum absolute atomic E-state index is 0.141. The number of methoxy groups -OCH3 is 1. The first-order valence-electron chi connectivity index (χ1n) is 9.07. The molecule has 1 aliphatic heterocycles. The van der Waals surface area contributed by atoms with Crippen LogP contribution in [0.2, 0.25) is 5.02 Å². The Balaban J connectivity index is 1.65. The van der Waals surface area contributed by atoms with E-state index in [1.54, 1.807) is 30.2 Å². The number of nitrogens with zero attached hydrogens (tertiary/aromatic N) is 3. The highest BCUT2D eigenvalue weighted by Crippen LogP contribution is 2.31. The molecule has 1 saturated heterocycles. The van der Waals surface area contributed by atoms with Crippen molar-refractivity contribution in [2.45, 2.75) is 24.3 Å². The van der Waals surface area contributed by atoms with Crippen molar-refractivity contribution >= 4 is 29.3 Å². The average molecular weight is 411 g/mol. The summed E-state index contributed by atoms with van der Waals surface area (Å²) in [5.74, 6) is 1.37. The van der Waals surface area contributed by atoms with E-state index in [0.717, 1.165) is 38.3 Å². The lowest BCUT2D eigenvalue weighted by Crippen LogP contribution is -3.14. The number of halogens is 1. The normalized spacial score (nSPS) is 16.4. The Bertz CT molecular complexity index is 792. The highest BCUT2D eigenvalue weighted by atomic mass is 35.5. The van der Waals surface area contributed by atoms with E-state index in [4.69, 9.17) is 16.3 Å². The Hall–Kier alpha value is -1.77. The molecule has 2 heterocycles. The molecule has 1 aliphatic rings. The Morgan fingerprint density at radius 1 is 1.44 bits per heavy atom. The molecule has 3 rings (SSSR count). The van der Waals surface area contributed by atoms with Gasteiger partial charge in [0.1, 0.15) is 5.75 Å². The van der Waals surface area contributed by atoms with Crippen LogP contribution in [0.3, 0.4) is 0 Å². The second-order valence-electron chi connectivity index (χ2n) is 6.50. The third-order valence-electron chi connectivity index (χ3n) is 4.79. The first-order valence-corrected chi connectivity index (χ1v) is 10.3. The first-order chi connectivity index (χ1) is 13.0. The standard InChI is InChI=1S/C18H24ClN5O2S/c1-4-23-7-9-24(10-8-23)17(25)12(2)27-18-20-16(21-22-18)14-11-13(19)5-6-15(14)26-3/h5-6,11-12H,4,7-10H2,1-3H3,(H,20,21,22)/p+1/t12-/m1/s1. The summed E-state index contributed by atoms with van der Waals surface area (Å²) in [4.78, 5) is 20.7. The van der Waals surface area contributed by atoms with Crippen molar-refractivity contribution in [3.8, 4) is 17.1 Å². The van der Waals surface area contributed by atoms with Crippen LogP contribution in [0.25, 0.3) is 11.4 Å². The van der Waals surface area contributed by atoms with Crippen LogP contribution in [0.1, 0.15) is 13.8 Å². The van der Waals surface area contributed by atoms with E-state index in [1.165, 1.54) is 11.8 Å². The van der Waals surface area contributed by atoms with Gasteiger partial charge in [-0.25, -0.2) is 4.98 Å². The Kier molecular flexibility index (Phi) is 6.62. The van der Waals surface area contributed by atoms with E-state index >= 15 is 0 Å². The number of quaternary nitrogens is 1. The number of aromatic amines is 1. The predicted octanol–water partition coefficient (Wildman–Crippen LogP) is 1.36. The van der Waals surface area contributed by atoms with Crippen LogP contribution >= 0.6 is 23.4 Å². The minimum atomic E-state index is -0.238. The molecule has 1 aromatic heterocycles. The summed E-state index contributed by atoms with van der Waals surface area (Å²) in [6, 6.07) is 5.33. The van der Waals surface area contributed by atoms with Crippen molar-refractivity contribution in [1.82, 2.24) is 20.1 Å². The maximum absolute atomic E-state index is 12.7. The number of benzene rings is 1. The summed E-state index contributed by atoms with van der Waals surface area (Å²) >= 11 is 7.45. The summed E-state index contributed by atoms with van der Waals surface area (Å²) < 4.78 is 5.36. The van der Waals surface area contributed by atoms with Crippen molar-refractivity contribution in [2.24, 2.45) is 0 Å². The Morgan fingerprint density at radius 3 is 2.85 bits per heavy atom. The fourth-order valence-electron chi connectivity index (χ4n) is 3.15. The summed E-state index contributed by atoms with van der Waals surface area (Å²) in [7, 11) is 1.60. The van der Waals surface area contributed by atoms with Crippen molar-refractivity contribution in [3.05, 3.63) is 23.2 Å². The SMILES string of the molecule is CC[NH+]1CCN(C(=O)[C@@H](C)Sc2n[nH]c(-c3cc(Cl)ccc3OC)n2)CC1. The third-order valence-corrected chi connectivity index (χ3v) is 5.98. The lowest BCUT2D eigenvalue weighted by Gasteiger charge is -2.32. The van der Waals surface area contributed by atoms with Gasteiger partial charge in [0.25, 0.3) is 0 Å². The van der Waals surface area contributed by atoms with Crippen LogP contribution in [0.4, 0.5) is 0 Å². The smallest absolute Gasteiger partial charge is 0.236 e. The molecule has 1 atom stereocenters. The summed E-state index contributed by atoms with van der Waals surface area (Å²) in [6.07, 6.45) is 0. The fourth-order valence-corrected chi connectivity index (χ4v) is 4.13. The van der Waals surface area contributed by atoms with Crippen LogP contribution in [-0.4, -0.2) is 71.1 Å². The van der Waals surface area contributed by atoms with E-state index in [-0.39, 0.29) is 11.2 Å². The lowest BCUT2D eigenvalue weighted by atomic mass is 10.2. The molecular weight excluding hydrogens is 386 g/mol.